The minimum absolute atomic E-state index is 0.0656. The number of H-pyrrole nitrogens is 1. The number of rotatable bonds is 6. The van der Waals surface area contributed by atoms with E-state index in [0.29, 0.717) is 6.54 Å². The molecule has 1 aromatic heterocycles. The van der Waals surface area contributed by atoms with E-state index in [1.807, 2.05) is 0 Å². The predicted octanol–water partition coefficient (Wildman–Crippen LogP) is 1.55. The highest BCUT2D eigenvalue weighted by Gasteiger charge is 2.22. The Morgan fingerprint density at radius 2 is 2.19 bits per heavy atom. The Bertz CT molecular complexity index is 742. The molecular weight excluding hydrogens is 298 g/mol. The maximum atomic E-state index is 12.3. The van der Waals surface area contributed by atoms with E-state index in [2.05, 4.69) is 20.0 Å². The number of nitro benzene ring substituents is 1. The minimum atomic E-state index is -3.91. The molecular formula is C11H13N5O4S. The summed E-state index contributed by atoms with van der Waals surface area (Å²) in [6, 6.07) is 3.50. The van der Waals surface area contributed by atoms with Gasteiger partial charge in [0.1, 0.15) is 4.90 Å². The molecule has 9 nitrogen and oxygen atoms in total. The summed E-state index contributed by atoms with van der Waals surface area (Å²) in [5.41, 5.74) is -0.0337. The van der Waals surface area contributed by atoms with Gasteiger partial charge in [-0.25, -0.2) is 18.1 Å². The number of hydrogen-bond donors (Lipinski definition) is 3. The zero-order valence-electron chi connectivity index (χ0n) is 11.0. The molecule has 0 unspecified atom stereocenters. The van der Waals surface area contributed by atoms with Crippen molar-refractivity contribution >= 4 is 27.3 Å². The molecule has 0 bridgehead atoms. The van der Waals surface area contributed by atoms with Crippen LogP contribution in [0.5, 0.6) is 0 Å². The fourth-order valence-electron chi connectivity index (χ4n) is 1.70. The highest BCUT2D eigenvalue weighted by atomic mass is 32.2. The molecule has 0 spiro atoms. The van der Waals surface area contributed by atoms with E-state index in [1.54, 1.807) is 6.92 Å². The molecule has 0 atom stereocenters. The van der Waals surface area contributed by atoms with Crippen molar-refractivity contribution in [3.05, 3.63) is 40.7 Å². The van der Waals surface area contributed by atoms with Crippen molar-refractivity contribution < 1.29 is 13.3 Å². The van der Waals surface area contributed by atoms with Crippen LogP contribution in [0, 0.1) is 10.1 Å². The first-order valence-electron chi connectivity index (χ1n) is 5.98. The van der Waals surface area contributed by atoms with Crippen molar-refractivity contribution in [2.45, 2.75) is 11.8 Å². The molecule has 0 saturated carbocycles. The Labute approximate surface area is 120 Å². The summed E-state index contributed by atoms with van der Waals surface area (Å²) in [4.78, 5) is 16.5. The second-order valence-corrected chi connectivity index (χ2v) is 5.66. The van der Waals surface area contributed by atoms with Gasteiger partial charge in [-0.15, -0.1) is 0 Å². The number of imidazole rings is 1. The monoisotopic (exact) mass is 311 g/mol. The van der Waals surface area contributed by atoms with Gasteiger partial charge in [0.25, 0.3) is 15.7 Å². The van der Waals surface area contributed by atoms with Crippen molar-refractivity contribution in [1.82, 2.24) is 9.97 Å². The number of sulfonamides is 1. The third-order valence-corrected chi connectivity index (χ3v) is 3.96. The quantitative estimate of drug-likeness (QED) is 0.548. The van der Waals surface area contributed by atoms with E-state index in [1.165, 1.54) is 24.5 Å². The van der Waals surface area contributed by atoms with Gasteiger partial charge in [0.2, 0.25) is 5.95 Å². The van der Waals surface area contributed by atoms with Crippen LogP contribution in [0.1, 0.15) is 6.92 Å². The molecule has 3 N–H and O–H groups in total. The Kier molecular flexibility index (Phi) is 4.08. The van der Waals surface area contributed by atoms with Gasteiger partial charge < -0.3 is 10.3 Å². The third-order valence-electron chi connectivity index (χ3n) is 2.56. The minimum Gasteiger partial charge on any atom is -0.384 e. The highest BCUT2D eigenvalue weighted by molar-refractivity contribution is 7.92. The van der Waals surface area contributed by atoms with Gasteiger partial charge in [0.15, 0.2) is 0 Å². The first-order chi connectivity index (χ1) is 9.94. The summed E-state index contributed by atoms with van der Waals surface area (Å²) in [5, 5.41) is 13.6. The lowest BCUT2D eigenvalue weighted by Gasteiger charge is -2.11. The van der Waals surface area contributed by atoms with E-state index in [0.717, 1.165) is 6.07 Å². The van der Waals surface area contributed by atoms with Crippen LogP contribution in [0.2, 0.25) is 0 Å². The molecule has 2 rings (SSSR count). The fraction of sp³-hybridized carbons (Fsp3) is 0.182. The topological polar surface area (TPSA) is 130 Å². The number of anilines is 2. The Morgan fingerprint density at radius 1 is 1.43 bits per heavy atom. The van der Waals surface area contributed by atoms with Crippen molar-refractivity contribution in [1.29, 1.82) is 0 Å². The molecule has 0 aliphatic rings. The number of nitrogens with one attached hydrogen (secondary N) is 3. The van der Waals surface area contributed by atoms with Crippen LogP contribution in [0.4, 0.5) is 17.3 Å². The maximum absolute atomic E-state index is 12.3. The van der Waals surface area contributed by atoms with E-state index >= 15 is 0 Å². The van der Waals surface area contributed by atoms with Crippen LogP contribution in [-0.4, -0.2) is 29.9 Å². The molecule has 1 heterocycles. The van der Waals surface area contributed by atoms with Crippen LogP contribution in [0.15, 0.2) is 35.5 Å². The number of hydrogen-bond acceptors (Lipinski definition) is 6. The Balaban J connectivity index is 2.44. The molecule has 0 amide bonds. The number of aromatic nitrogens is 2. The number of nitro groups is 1. The molecule has 112 valence electrons. The molecule has 0 aliphatic carbocycles. The average molecular weight is 311 g/mol. The summed E-state index contributed by atoms with van der Waals surface area (Å²) in [6.45, 7) is 2.18. The van der Waals surface area contributed by atoms with E-state index < -0.39 is 14.9 Å². The number of aromatic amines is 1. The van der Waals surface area contributed by atoms with Crippen LogP contribution < -0.4 is 10.0 Å². The summed E-state index contributed by atoms with van der Waals surface area (Å²) < 4.78 is 26.8. The number of nitrogens with zero attached hydrogens (tertiary/aromatic N) is 2. The second-order valence-electron chi connectivity index (χ2n) is 4.01. The highest BCUT2D eigenvalue weighted by Crippen LogP contribution is 2.27. The van der Waals surface area contributed by atoms with E-state index in [4.69, 9.17) is 0 Å². The summed E-state index contributed by atoms with van der Waals surface area (Å²) in [7, 11) is -3.91. The number of benzene rings is 1. The SMILES string of the molecule is CCNc1cc([N+](=O)[O-])ccc1S(=O)(=O)Nc1ncc[nH]1. The second kappa shape index (κ2) is 5.79. The van der Waals surface area contributed by atoms with Gasteiger partial charge >= 0.3 is 0 Å². The first kappa shape index (κ1) is 14.8. The number of non-ortho nitro benzene ring substituents is 1. The van der Waals surface area contributed by atoms with Crippen LogP contribution in [-0.2, 0) is 10.0 Å². The van der Waals surface area contributed by atoms with Crippen LogP contribution in [0.3, 0.4) is 0 Å². The third kappa shape index (κ3) is 3.28. The molecule has 10 heteroatoms. The standard InChI is InChI=1S/C11H13N5O4S/c1-2-12-9-7-8(16(17)18)3-4-10(9)21(19,20)15-11-13-5-6-14-11/h3-7,12H,2H2,1H3,(H2,13,14,15). The zero-order chi connectivity index (χ0) is 15.5. The van der Waals surface area contributed by atoms with Gasteiger partial charge in [0, 0.05) is 31.1 Å². The molecule has 0 saturated heterocycles. The predicted molar refractivity (Wildman–Crippen MR) is 76.7 cm³/mol. The molecule has 0 radical (unpaired) electrons. The summed E-state index contributed by atoms with van der Waals surface area (Å²) in [6.07, 6.45) is 2.87. The van der Waals surface area contributed by atoms with Crippen molar-refractivity contribution in [2.75, 3.05) is 16.6 Å². The molecule has 2 aromatic rings. The first-order valence-corrected chi connectivity index (χ1v) is 7.47. The lowest BCUT2D eigenvalue weighted by molar-refractivity contribution is -0.384. The zero-order valence-corrected chi connectivity index (χ0v) is 11.8. The van der Waals surface area contributed by atoms with Gasteiger partial charge in [-0.3, -0.25) is 10.1 Å². The summed E-state index contributed by atoms with van der Waals surface area (Å²) >= 11 is 0. The van der Waals surface area contributed by atoms with E-state index in [-0.39, 0.29) is 22.2 Å². The molecule has 1 aromatic carbocycles. The molecule has 0 aliphatic heterocycles. The van der Waals surface area contributed by atoms with Crippen LogP contribution in [0.25, 0.3) is 0 Å². The van der Waals surface area contributed by atoms with Gasteiger partial charge in [-0.1, -0.05) is 0 Å². The van der Waals surface area contributed by atoms with Gasteiger partial charge in [-0.05, 0) is 13.0 Å². The Hall–Kier alpha value is -2.62. The fourth-order valence-corrected chi connectivity index (χ4v) is 2.84. The Morgan fingerprint density at radius 3 is 2.76 bits per heavy atom. The largest absolute Gasteiger partial charge is 0.384 e. The molecule has 0 fully saturated rings. The lowest BCUT2D eigenvalue weighted by atomic mass is 10.3. The summed E-state index contributed by atoms with van der Waals surface area (Å²) in [5.74, 6) is 0.0656. The van der Waals surface area contributed by atoms with Gasteiger partial charge in [0.05, 0.1) is 10.6 Å². The van der Waals surface area contributed by atoms with Crippen molar-refractivity contribution in [3.63, 3.8) is 0 Å². The lowest BCUT2D eigenvalue weighted by Crippen LogP contribution is -2.16. The van der Waals surface area contributed by atoms with Crippen molar-refractivity contribution in [2.24, 2.45) is 0 Å². The normalized spacial score (nSPS) is 11.1. The maximum Gasteiger partial charge on any atom is 0.271 e. The van der Waals surface area contributed by atoms with E-state index in [9.17, 15) is 18.5 Å². The average Bonchev–Trinajstić information content (AvgIpc) is 2.91. The smallest absolute Gasteiger partial charge is 0.271 e. The van der Waals surface area contributed by atoms with Crippen molar-refractivity contribution in [3.8, 4) is 0 Å². The molecule has 21 heavy (non-hydrogen) atoms. The van der Waals surface area contributed by atoms with Crippen LogP contribution >= 0.6 is 0 Å². The van der Waals surface area contributed by atoms with Gasteiger partial charge in [-0.2, -0.15) is 0 Å².